The van der Waals surface area contributed by atoms with Crippen molar-refractivity contribution in [2.24, 2.45) is 0 Å². The highest BCUT2D eigenvalue weighted by Crippen LogP contribution is 2.25. The highest BCUT2D eigenvalue weighted by molar-refractivity contribution is 6.34. The molecule has 1 heterocycles. The third-order valence-corrected chi connectivity index (χ3v) is 2.86. The standard InChI is InChI=1S/C13H10ClNO4/c1-7-5-6-19-11(7)12(16)15-9-4-2-3-8(14)10(9)13(17)18/h2-6H,1H3,(H,15,16)(H,17,18). The average Bonchev–Trinajstić information content (AvgIpc) is 2.75. The molecule has 0 aliphatic carbocycles. The number of benzene rings is 1. The molecule has 1 aromatic heterocycles. The van der Waals surface area contributed by atoms with Crippen molar-refractivity contribution in [2.45, 2.75) is 6.92 Å². The molecule has 0 aliphatic heterocycles. The minimum absolute atomic E-state index is 0.0569. The first kappa shape index (κ1) is 13.2. The molecule has 1 amide bonds. The van der Waals surface area contributed by atoms with Gasteiger partial charge in [0.2, 0.25) is 0 Å². The van der Waals surface area contributed by atoms with Crippen LogP contribution in [0.4, 0.5) is 5.69 Å². The Labute approximate surface area is 113 Å². The van der Waals surface area contributed by atoms with E-state index in [4.69, 9.17) is 21.1 Å². The maximum Gasteiger partial charge on any atom is 0.339 e. The Bertz CT molecular complexity index is 648. The number of carboxylic acids is 1. The van der Waals surface area contributed by atoms with Gasteiger partial charge in [-0.25, -0.2) is 4.79 Å². The number of carbonyl (C=O) groups excluding carboxylic acids is 1. The van der Waals surface area contributed by atoms with Gasteiger partial charge in [0.25, 0.3) is 5.91 Å². The first-order chi connectivity index (χ1) is 9.00. The molecule has 1 aromatic carbocycles. The number of aryl methyl sites for hydroxylation is 1. The highest BCUT2D eigenvalue weighted by atomic mass is 35.5. The van der Waals surface area contributed by atoms with Crippen LogP contribution >= 0.6 is 11.6 Å². The molecule has 2 aromatic rings. The van der Waals surface area contributed by atoms with E-state index in [1.165, 1.54) is 18.4 Å². The average molecular weight is 280 g/mol. The summed E-state index contributed by atoms with van der Waals surface area (Å²) in [6.45, 7) is 1.72. The number of anilines is 1. The normalized spacial score (nSPS) is 10.2. The Hall–Kier alpha value is -2.27. The van der Waals surface area contributed by atoms with Gasteiger partial charge in [-0.2, -0.15) is 0 Å². The van der Waals surface area contributed by atoms with E-state index in [1.54, 1.807) is 19.1 Å². The number of hydrogen-bond donors (Lipinski definition) is 2. The number of aromatic carboxylic acids is 1. The van der Waals surface area contributed by atoms with E-state index in [-0.39, 0.29) is 22.0 Å². The van der Waals surface area contributed by atoms with Gasteiger partial charge in [-0.05, 0) is 25.1 Å². The Morgan fingerprint density at radius 2 is 2.05 bits per heavy atom. The minimum Gasteiger partial charge on any atom is -0.478 e. The zero-order valence-electron chi connectivity index (χ0n) is 9.94. The van der Waals surface area contributed by atoms with Gasteiger partial charge < -0.3 is 14.8 Å². The first-order valence-electron chi connectivity index (χ1n) is 5.38. The van der Waals surface area contributed by atoms with E-state index in [9.17, 15) is 9.59 Å². The molecule has 0 spiro atoms. The van der Waals surface area contributed by atoms with Gasteiger partial charge in [0.1, 0.15) is 5.56 Å². The summed E-state index contributed by atoms with van der Waals surface area (Å²) in [5.41, 5.74) is 0.638. The molecule has 0 saturated heterocycles. The van der Waals surface area contributed by atoms with E-state index in [1.807, 2.05) is 0 Å². The number of hydrogen-bond acceptors (Lipinski definition) is 3. The third kappa shape index (κ3) is 2.61. The lowest BCUT2D eigenvalue weighted by Crippen LogP contribution is -2.15. The molecule has 2 rings (SSSR count). The molecule has 5 nitrogen and oxygen atoms in total. The fourth-order valence-electron chi connectivity index (χ4n) is 1.63. The molecular formula is C13H10ClNO4. The van der Waals surface area contributed by atoms with Gasteiger partial charge in [0.05, 0.1) is 17.0 Å². The van der Waals surface area contributed by atoms with Gasteiger partial charge in [-0.15, -0.1) is 0 Å². The maximum atomic E-state index is 11.9. The van der Waals surface area contributed by atoms with Gasteiger partial charge in [-0.1, -0.05) is 17.7 Å². The number of carboxylic acid groups (broad SMARTS) is 1. The Kier molecular flexibility index (Phi) is 3.57. The van der Waals surface area contributed by atoms with Crippen molar-refractivity contribution in [3.05, 3.63) is 52.4 Å². The van der Waals surface area contributed by atoms with E-state index in [0.29, 0.717) is 5.56 Å². The second-order valence-corrected chi connectivity index (χ2v) is 4.26. The maximum absolute atomic E-state index is 11.9. The summed E-state index contributed by atoms with van der Waals surface area (Å²) < 4.78 is 5.04. The van der Waals surface area contributed by atoms with Crippen molar-refractivity contribution in [1.82, 2.24) is 0 Å². The predicted molar refractivity (Wildman–Crippen MR) is 69.8 cm³/mol. The second-order valence-electron chi connectivity index (χ2n) is 3.85. The molecule has 0 atom stereocenters. The van der Waals surface area contributed by atoms with Crippen LogP contribution in [0.3, 0.4) is 0 Å². The number of furan rings is 1. The number of carbonyl (C=O) groups is 2. The fraction of sp³-hybridized carbons (Fsp3) is 0.0769. The van der Waals surface area contributed by atoms with Crippen molar-refractivity contribution in [3.8, 4) is 0 Å². The van der Waals surface area contributed by atoms with Crippen molar-refractivity contribution < 1.29 is 19.1 Å². The first-order valence-corrected chi connectivity index (χ1v) is 5.75. The molecule has 0 saturated carbocycles. The molecule has 0 fully saturated rings. The van der Waals surface area contributed by atoms with Crippen molar-refractivity contribution in [2.75, 3.05) is 5.32 Å². The van der Waals surface area contributed by atoms with Crippen molar-refractivity contribution in [3.63, 3.8) is 0 Å². The second kappa shape index (κ2) is 5.16. The Morgan fingerprint density at radius 3 is 2.63 bits per heavy atom. The Morgan fingerprint density at radius 1 is 1.32 bits per heavy atom. The van der Waals surface area contributed by atoms with Crippen LogP contribution in [0.1, 0.15) is 26.5 Å². The summed E-state index contributed by atoms with van der Waals surface area (Å²) in [4.78, 5) is 23.1. The number of amides is 1. The summed E-state index contributed by atoms with van der Waals surface area (Å²) >= 11 is 5.81. The molecule has 6 heteroatoms. The van der Waals surface area contributed by atoms with Gasteiger partial charge in [-0.3, -0.25) is 4.79 Å². The minimum atomic E-state index is -1.21. The van der Waals surface area contributed by atoms with Crippen molar-refractivity contribution >= 4 is 29.2 Å². The molecule has 0 aliphatic rings. The summed E-state index contributed by atoms with van der Waals surface area (Å²) in [5, 5.41) is 11.6. The molecule has 0 unspecified atom stereocenters. The summed E-state index contributed by atoms with van der Waals surface area (Å²) in [6.07, 6.45) is 1.39. The zero-order valence-corrected chi connectivity index (χ0v) is 10.7. The van der Waals surface area contributed by atoms with E-state index in [0.717, 1.165) is 0 Å². The SMILES string of the molecule is Cc1ccoc1C(=O)Nc1cccc(Cl)c1C(=O)O. The number of rotatable bonds is 3. The summed E-state index contributed by atoms with van der Waals surface area (Å²) in [7, 11) is 0. The number of halogens is 1. The van der Waals surface area contributed by atoms with Gasteiger partial charge >= 0.3 is 5.97 Å². The van der Waals surface area contributed by atoms with Gasteiger partial charge in [0, 0.05) is 5.56 Å². The molecule has 2 N–H and O–H groups in total. The van der Waals surface area contributed by atoms with E-state index < -0.39 is 11.9 Å². The predicted octanol–water partition coefficient (Wildman–Crippen LogP) is 3.19. The van der Waals surface area contributed by atoms with Crippen LogP contribution < -0.4 is 5.32 Å². The van der Waals surface area contributed by atoms with Crippen LogP contribution in [0.5, 0.6) is 0 Å². The highest BCUT2D eigenvalue weighted by Gasteiger charge is 2.19. The zero-order chi connectivity index (χ0) is 14.0. The summed E-state index contributed by atoms with van der Waals surface area (Å²) in [5.74, 6) is -1.60. The smallest absolute Gasteiger partial charge is 0.339 e. The fourth-order valence-corrected chi connectivity index (χ4v) is 1.89. The van der Waals surface area contributed by atoms with Crippen LogP contribution in [0.15, 0.2) is 34.9 Å². The van der Waals surface area contributed by atoms with Crippen LogP contribution in [0, 0.1) is 6.92 Å². The summed E-state index contributed by atoms with van der Waals surface area (Å²) in [6, 6.07) is 6.11. The van der Waals surface area contributed by atoms with Crippen LogP contribution in [-0.4, -0.2) is 17.0 Å². The van der Waals surface area contributed by atoms with Crippen LogP contribution in [0.25, 0.3) is 0 Å². The lowest BCUT2D eigenvalue weighted by Gasteiger charge is -2.08. The molecule has 0 radical (unpaired) electrons. The quantitative estimate of drug-likeness (QED) is 0.904. The van der Waals surface area contributed by atoms with E-state index in [2.05, 4.69) is 5.32 Å². The number of nitrogens with one attached hydrogen (secondary N) is 1. The van der Waals surface area contributed by atoms with Crippen molar-refractivity contribution in [1.29, 1.82) is 0 Å². The van der Waals surface area contributed by atoms with E-state index >= 15 is 0 Å². The lowest BCUT2D eigenvalue weighted by atomic mass is 10.1. The molecule has 0 bridgehead atoms. The van der Waals surface area contributed by atoms with Gasteiger partial charge in [0.15, 0.2) is 5.76 Å². The molecular weight excluding hydrogens is 270 g/mol. The Balaban J connectivity index is 2.35. The van der Waals surface area contributed by atoms with Crippen LogP contribution in [0.2, 0.25) is 5.02 Å². The topological polar surface area (TPSA) is 79.5 Å². The largest absolute Gasteiger partial charge is 0.478 e. The lowest BCUT2D eigenvalue weighted by molar-refractivity contribution is 0.0698. The van der Waals surface area contributed by atoms with Crippen LogP contribution in [-0.2, 0) is 0 Å². The monoisotopic (exact) mass is 279 g/mol. The molecule has 19 heavy (non-hydrogen) atoms. The third-order valence-electron chi connectivity index (χ3n) is 2.54. The molecule has 98 valence electrons.